The van der Waals surface area contributed by atoms with Gasteiger partial charge in [0, 0.05) is 23.6 Å². The quantitative estimate of drug-likeness (QED) is 0.833. The van der Waals surface area contributed by atoms with Gasteiger partial charge in [-0.05, 0) is 45.6 Å². The molecule has 1 N–H and O–H groups in total. The zero-order valence-corrected chi connectivity index (χ0v) is 14.4. The van der Waals surface area contributed by atoms with Crippen LogP contribution in [0.25, 0.3) is 0 Å². The molecule has 4 rings (SSSR count). The molecular formula is C20H25NO3. The normalized spacial score (nSPS) is 29.3. The monoisotopic (exact) mass is 327 g/mol. The summed E-state index contributed by atoms with van der Waals surface area (Å²) >= 11 is 0. The molecule has 1 fully saturated rings. The molecule has 2 atom stereocenters. The topological polar surface area (TPSA) is 47.6 Å². The van der Waals surface area contributed by atoms with Crippen LogP contribution >= 0.6 is 0 Å². The second kappa shape index (κ2) is 5.83. The van der Waals surface area contributed by atoms with E-state index < -0.39 is 5.72 Å². The molecule has 0 spiro atoms. The van der Waals surface area contributed by atoms with E-state index in [4.69, 9.17) is 9.47 Å². The third-order valence-corrected chi connectivity index (χ3v) is 5.47. The van der Waals surface area contributed by atoms with E-state index in [9.17, 15) is 4.79 Å². The van der Waals surface area contributed by atoms with Gasteiger partial charge >= 0.3 is 5.97 Å². The van der Waals surface area contributed by atoms with Crippen LogP contribution in [0.2, 0.25) is 0 Å². The molecule has 1 saturated carbocycles. The van der Waals surface area contributed by atoms with Crippen LogP contribution in [0.15, 0.2) is 35.5 Å². The Morgan fingerprint density at radius 3 is 2.79 bits per heavy atom. The highest BCUT2D eigenvalue weighted by Gasteiger charge is 2.45. The summed E-state index contributed by atoms with van der Waals surface area (Å²) in [4.78, 5) is 12.9. The van der Waals surface area contributed by atoms with E-state index in [2.05, 4.69) is 11.4 Å². The molecule has 4 heteroatoms. The van der Waals surface area contributed by atoms with Gasteiger partial charge in [-0.3, -0.25) is 0 Å². The number of para-hydroxylation sites is 1. The van der Waals surface area contributed by atoms with E-state index in [0.29, 0.717) is 0 Å². The second-order valence-electron chi connectivity index (χ2n) is 7.46. The molecular weight excluding hydrogens is 302 g/mol. The fraction of sp³-hybridized carbons (Fsp3) is 0.550. The van der Waals surface area contributed by atoms with Crippen molar-refractivity contribution in [1.29, 1.82) is 0 Å². The summed E-state index contributed by atoms with van der Waals surface area (Å²) in [6.07, 6.45) is 6.38. The van der Waals surface area contributed by atoms with Crippen LogP contribution in [0, 0.1) is 0 Å². The Balaban J connectivity index is 1.65. The predicted molar refractivity (Wildman–Crippen MR) is 91.6 cm³/mol. The number of fused-ring (bicyclic) bond motifs is 4. The summed E-state index contributed by atoms with van der Waals surface area (Å²) in [5, 5.41) is 3.39. The summed E-state index contributed by atoms with van der Waals surface area (Å²) in [7, 11) is 0. The Hall–Kier alpha value is -1.97. The van der Waals surface area contributed by atoms with E-state index in [-0.39, 0.29) is 18.0 Å². The molecule has 0 amide bonds. The average Bonchev–Trinajstić information content (AvgIpc) is 2.54. The highest BCUT2D eigenvalue weighted by Crippen LogP contribution is 2.47. The largest absolute Gasteiger partial charge is 0.468 e. The molecule has 128 valence electrons. The lowest BCUT2D eigenvalue weighted by molar-refractivity contribution is -0.146. The number of carbonyl (C=O) groups is 1. The molecule has 1 aliphatic carbocycles. The van der Waals surface area contributed by atoms with Gasteiger partial charge < -0.3 is 14.8 Å². The maximum absolute atomic E-state index is 12.9. The molecule has 0 aromatic heterocycles. The van der Waals surface area contributed by atoms with E-state index in [1.54, 1.807) is 0 Å². The molecule has 2 heterocycles. The summed E-state index contributed by atoms with van der Waals surface area (Å²) in [6.45, 7) is 4.00. The minimum atomic E-state index is -0.461. The fourth-order valence-electron chi connectivity index (χ4n) is 4.40. The maximum Gasteiger partial charge on any atom is 0.336 e. The lowest BCUT2D eigenvalue weighted by Crippen LogP contribution is -2.54. The van der Waals surface area contributed by atoms with Crippen molar-refractivity contribution in [3.8, 4) is 5.75 Å². The van der Waals surface area contributed by atoms with Gasteiger partial charge in [0.1, 0.15) is 11.9 Å². The highest BCUT2D eigenvalue weighted by atomic mass is 16.5. The zero-order valence-electron chi connectivity index (χ0n) is 14.4. The average molecular weight is 327 g/mol. The van der Waals surface area contributed by atoms with Crippen LogP contribution in [0.3, 0.4) is 0 Å². The minimum Gasteiger partial charge on any atom is -0.468 e. The molecule has 0 radical (unpaired) electrons. The molecule has 2 bridgehead atoms. The highest BCUT2D eigenvalue weighted by molar-refractivity contribution is 5.92. The van der Waals surface area contributed by atoms with Crippen molar-refractivity contribution in [3.05, 3.63) is 41.1 Å². The number of hydrogen-bond acceptors (Lipinski definition) is 4. The first-order valence-electron chi connectivity index (χ1n) is 9.04. The summed E-state index contributed by atoms with van der Waals surface area (Å²) in [5.41, 5.74) is 2.28. The number of rotatable bonds is 2. The first-order valence-corrected chi connectivity index (χ1v) is 9.04. The number of esters is 1. The Labute approximate surface area is 143 Å². The Morgan fingerprint density at radius 1 is 1.25 bits per heavy atom. The number of nitrogens with one attached hydrogen (secondary N) is 1. The summed E-state index contributed by atoms with van der Waals surface area (Å²) < 4.78 is 12.0. The van der Waals surface area contributed by atoms with Crippen molar-refractivity contribution in [2.75, 3.05) is 0 Å². The standard InChI is InChI=1S/C20H25NO3/c1-13-18(19(22)23-14-8-4-3-5-9-14)16-12-20(2,21-13)24-17-11-7-6-10-15(16)17/h6-7,10-11,14,16,21H,3-5,8-9,12H2,1-2H3/t16-,20-/m1/s1. The first-order chi connectivity index (χ1) is 11.6. The van der Waals surface area contributed by atoms with Gasteiger partial charge in [-0.15, -0.1) is 0 Å². The fourth-order valence-corrected chi connectivity index (χ4v) is 4.40. The van der Waals surface area contributed by atoms with Gasteiger partial charge in [-0.25, -0.2) is 4.79 Å². The number of carbonyl (C=O) groups excluding carboxylic acids is 1. The summed E-state index contributed by atoms with van der Waals surface area (Å²) in [5.74, 6) is 0.743. The molecule has 2 aliphatic heterocycles. The predicted octanol–water partition coefficient (Wildman–Crippen LogP) is 4.02. The molecule has 0 unspecified atom stereocenters. The van der Waals surface area contributed by atoms with Crippen molar-refractivity contribution in [1.82, 2.24) is 5.32 Å². The molecule has 4 nitrogen and oxygen atoms in total. The van der Waals surface area contributed by atoms with Crippen molar-refractivity contribution in [2.45, 2.75) is 70.1 Å². The number of ether oxygens (including phenoxy) is 2. The van der Waals surface area contributed by atoms with Gasteiger partial charge in [0.05, 0.1) is 5.57 Å². The van der Waals surface area contributed by atoms with Crippen LogP contribution < -0.4 is 10.1 Å². The molecule has 1 aromatic carbocycles. The van der Waals surface area contributed by atoms with Gasteiger partial charge in [0.15, 0.2) is 5.72 Å². The van der Waals surface area contributed by atoms with Crippen LogP contribution in [0.1, 0.15) is 63.9 Å². The third kappa shape index (κ3) is 2.68. The van der Waals surface area contributed by atoms with Gasteiger partial charge in [0.25, 0.3) is 0 Å². The Kier molecular flexibility index (Phi) is 3.78. The van der Waals surface area contributed by atoms with Crippen LogP contribution in [0.5, 0.6) is 5.75 Å². The van der Waals surface area contributed by atoms with Crippen molar-refractivity contribution in [3.63, 3.8) is 0 Å². The summed E-state index contributed by atoms with van der Waals surface area (Å²) in [6, 6.07) is 8.02. The first kappa shape index (κ1) is 15.6. The van der Waals surface area contributed by atoms with E-state index in [1.807, 2.05) is 32.0 Å². The molecule has 1 aromatic rings. The lowest BCUT2D eigenvalue weighted by Gasteiger charge is -2.45. The number of hydrogen-bond donors (Lipinski definition) is 1. The van der Waals surface area contributed by atoms with Crippen LogP contribution in [0.4, 0.5) is 0 Å². The zero-order chi connectivity index (χ0) is 16.7. The van der Waals surface area contributed by atoms with E-state index in [0.717, 1.165) is 54.7 Å². The Bertz CT molecular complexity index is 690. The van der Waals surface area contributed by atoms with Crippen molar-refractivity contribution < 1.29 is 14.3 Å². The SMILES string of the molecule is CC1=C(C(=O)OC2CCCCC2)[C@@H]2C[C@](C)(N1)Oc1ccccc12. The van der Waals surface area contributed by atoms with Crippen LogP contribution in [-0.4, -0.2) is 17.8 Å². The van der Waals surface area contributed by atoms with Crippen LogP contribution in [-0.2, 0) is 9.53 Å². The third-order valence-electron chi connectivity index (χ3n) is 5.47. The molecule has 0 saturated heterocycles. The van der Waals surface area contributed by atoms with Gasteiger partial charge in [0.2, 0.25) is 0 Å². The van der Waals surface area contributed by atoms with Crippen molar-refractivity contribution >= 4 is 5.97 Å². The van der Waals surface area contributed by atoms with Gasteiger partial charge in [-0.1, -0.05) is 24.6 Å². The van der Waals surface area contributed by atoms with E-state index >= 15 is 0 Å². The van der Waals surface area contributed by atoms with Crippen molar-refractivity contribution in [2.24, 2.45) is 0 Å². The maximum atomic E-state index is 12.9. The smallest absolute Gasteiger partial charge is 0.336 e. The van der Waals surface area contributed by atoms with E-state index in [1.165, 1.54) is 6.42 Å². The Morgan fingerprint density at radius 2 is 2.00 bits per heavy atom. The lowest BCUT2D eigenvalue weighted by atomic mass is 9.78. The minimum absolute atomic E-state index is 0.0392. The van der Waals surface area contributed by atoms with Gasteiger partial charge in [-0.2, -0.15) is 0 Å². The molecule has 24 heavy (non-hydrogen) atoms. The number of benzene rings is 1. The number of allylic oxidation sites excluding steroid dienone is 1. The molecule has 3 aliphatic rings. The second-order valence-corrected chi connectivity index (χ2v) is 7.46.